The maximum atomic E-state index is 9.81. The lowest BCUT2D eigenvalue weighted by Crippen LogP contribution is -1.97. The summed E-state index contributed by atoms with van der Waals surface area (Å²) in [5.74, 6) is 1.58. The molecule has 1 aliphatic rings. The maximum absolute atomic E-state index is 9.81. The summed E-state index contributed by atoms with van der Waals surface area (Å²) in [6.07, 6.45) is 8.31. The summed E-state index contributed by atoms with van der Waals surface area (Å²) < 4.78 is 5.34. The van der Waals surface area contributed by atoms with Crippen LogP contribution in [0.3, 0.4) is 0 Å². The Morgan fingerprint density at radius 2 is 1.48 bits per heavy atom. The van der Waals surface area contributed by atoms with Crippen LogP contribution in [0.25, 0.3) is 16.7 Å². The second-order valence-electron chi connectivity index (χ2n) is 7.44. The number of halogens is 1. The molecule has 0 fully saturated rings. The number of phenolic OH excluding ortho intramolecular Hbond substituents is 1. The van der Waals surface area contributed by atoms with Crippen molar-refractivity contribution in [2.75, 3.05) is 13.0 Å². The minimum atomic E-state index is 0.249. The van der Waals surface area contributed by atoms with Crippen LogP contribution in [0, 0.1) is 0 Å². The highest BCUT2D eigenvalue weighted by Gasteiger charge is 2.15. The van der Waals surface area contributed by atoms with E-state index in [1.165, 1.54) is 16.7 Å². The predicted molar refractivity (Wildman–Crippen MR) is 131 cm³/mol. The molecule has 156 valence electrons. The second kappa shape index (κ2) is 9.72. The van der Waals surface area contributed by atoms with Crippen LogP contribution < -0.4 is 4.74 Å². The van der Waals surface area contributed by atoms with E-state index >= 15 is 0 Å². The van der Waals surface area contributed by atoms with Crippen molar-refractivity contribution < 1.29 is 9.84 Å². The van der Waals surface area contributed by atoms with Gasteiger partial charge in [0.2, 0.25) is 0 Å². The van der Waals surface area contributed by atoms with Gasteiger partial charge in [0.25, 0.3) is 0 Å². The minimum absolute atomic E-state index is 0.249. The Hall–Kier alpha value is -3.23. The quantitative estimate of drug-likeness (QED) is 0.315. The van der Waals surface area contributed by atoms with Crippen molar-refractivity contribution in [3.8, 4) is 11.5 Å². The molecule has 0 unspecified atom stereocenters. The lowest BCUT2D eigenvalue weighted by molar-refractivity contribution is 0.415. The van der Waals surface area contributed by atoms with E-state index in [4.69, 9.17) is 16.3 Å². The van der Waals surface area contributed by atoms with Gasteiger partial charge in [-0.15, -0.1) is 11.6 Å². The standard InChI is InChI=1S/C28H25ClO2/c1-31-26-16-12-24(13-17-26)28(23-10-14-25(30)15-11-23)27(18-19-29)22-8-6-21(7-9-22)20-4-2-3-5-20/h2,4-17,30H,3,18-19H2,1H3/b28-27-. The first kappa shape index (κ1) is 21.0. The number of benzene rings is 3. The molecule has 0 atom stereocenters. The average Bonchev–Trinajstić information content (AvgIpc) is 3.35. The Morgan fingerprint density at radius 3 is 2.03 bits per heavy atom. The third-order valence-electron chi connectivity index (χ3n) is 5.52. The Labute approximate surface area is 188 Å². The molecule has 3 heteroatoms. The number of alkyl halides is 1. The monoisotopic (exact) mass is 428 g/mol. The zero-order chi connectivity index (χ0) is 21.6. The number of hydrogen-bond acceptors (Lipinski definition) is 2. The molecular formula is C28H25ClO2. The van der Waals surface area contributed by atoms with Crippen LogP contribution in [-0.2, 0) is 0 Å². The Morgan fingerprint density at radius 1 is 0.871 bits per heavy atom. The minimum Gasteiger partial charge on any atom is -0.508 e. The van der Waals surface area contributed by atoms with E-state index in [0.717, 1.165) is 40.9 Å². The molecule has 0 aromatic heterocycles. The molecule has 1 aliphatic carbocycles. The molecule has 0 amide bonds. The van der Waals surface area contributed by atoms with E-state index in [1.807, 2.05) is 24.3 Å². The molecule has 0 aliphatic heterocycles. The van der Waals surface area contributed by atoms with Gasteiger partial charge in [0.1, 0.15) is 11.5 Å². The maximum Gasteiger partial charge on any atom is 0.118 e. The van der Waals surface area contributed by atoms with Crippen LogP contribution in [0.2, 0.25) is 0 Å². The van der Waals surface area contributed by atoms with Gasteiger partial charge in [0, 0.05) is 5.88 Å². The summed E-state index contributed by atoms with van der Waals surface area (Å²) in [7, 11) is 1.67. The van der Waals surface area contributed by atoms with E-state index < -0.39 is 0 Å². The molecule has 0 radical (unpaired) electrons. The van der Waals surface area contributed by atoms with Crippen LogP contribution in [0.1, 0.15) is 35.1 Å². The van der Waals surface area contributed by atoms with E-state index in [0.29, 0.717) is 5.88 Å². The Bertz CT molecular complexity index is 1120. The van der Waals surface area contributed by atoms with Crippen LogP contribution in [0.15, 0.2) is 91.0 Å². The van der Waals surface area contributed by atoms with Gasteiger partial charge in [0.15, 0.2) is 0 Å². The second-order valence-corrected chi connectivity index (χ2v) is 7.82. The van der Waals surface area contributed by atoms with Gasteiger partial charge in [-0.05, 0) is 76.1 Å². The van der Waals surface area contributed by atoms with E-state index in [1.54, 1.807) is 19.2 Å². The van der Waals surface area contributed by atoms with Crippen LogP contribution in [-0.4, -0.2) is 18.1 Å². The largest absolute Gasteiger partial charge is 0.508 e. The van der Waals surface area contributed by atoms with Gasteiger partial charge in [-0.1, -0.05) is 66.8 Å². The third kappa shape index (κ3) is 4.76. The number of ether oxygens (including phenoxy) is 1. The smallest absolute Gasteiger partial charge is 0.118 e. The normalized spacial score (nSPS) is 13.7. The first-order valence-electron chi connectivity index (χ1n) is 10.4. The van der Waals surface area contributed by atoms with E-state index in [-0.39, 0.29) is 5.75 Å². The molecule has 0 bridgehead atoms. The highest BCUT2D eigenvalue weighted by atomic mass is 35.5. The molecule has 2 nitrogen and oxygen atoms in total. The molecule has 0 heterocycles. The summed E-state index contributed by atoms with van der Waals surface area (Å²) in [6.45, 7) is 0. The molecule has 0 spiro atoms. The molecule has 3 aromatic carbocycles. The predicted octanol–water partition coefficient (Wildman–Crippen LogP) is 7.33. The van der Waals surface area contributed by atoms with Gasteiger partial charge in [-0.2, -0.15) is 0 Å². The molecule has 3 aromatic rings. The summed E-state index contributed by atoms with van der Waals surface area (Å²) in [4.78, 5) is 0. The fourth-order valence-electron chi connectivity index (χ4n) is 3.95. The van der Waals surface area contributed by atoms with Gasteiger partial charge < -0.3 is 9.84 Å². The van der Waals surface area contributed by atoms with Crippen molar-refractivity contribution in [3.63, 3.8) is 0 Å². The molecule has 0 saturated heterocycles. The topological polar surface area (TPSA) is 29.5 Å². The number of aromatic hydroxyl groups is 1. The molecular weight excluding hydrogens is 404 g/mol. The average molecular weight is 429 g/mol. The van der Waals surface area contributed by atoms with Crippen molar-refractivity contribution >= 4 is 28.3 Å². The highest BCUT2D eigenvalue weighted by Crippen LogP contribution is 2.36. The molecule has 31 heavy (non-hydrogen) atoms. The van der Waals surface area contributed by atoms with Crippen molar-refractivity contribution in [2.45, 2.75) is 12.8 Å². The molecule has 0 saturated carbocycles. The van der Waals surface area contributed by atoms with Crippen LogP contribution in [0.4, 0.5) is 0 Å². The van der Waals surface area contributed by atoms with E-state index in [2.05, 4.69) is 54.6 Å². The van der Waals surface area contributed by atoms with Crippen LogP contribution >= 0.6 is 11.6 Å². The summed E-state index contributed by atoms with van der Waals surface area (Å²) in [5.41, 5.74) is 8.03. The van der Waals surface area contributed by atoms with Crippen molar-refractivity contribution in [1.29, 1.82) is 0 Å². The summed E-state index contributed by atoms with van der Waals surface area (Å²) in [5, 5.41) is 9.81. The fourth-order valence-corrected chi connectivity index (χ4v) is 4.13. The van der Waals surface area contributed by atoms with Gasteiger partial charge in [-0.3, -0.25) is 0 Å². The van der Waals surface area contributed by atoms with Crippen molar-refractivity contribution in [2.24, 2.45) is 0 Å². The lowest BCUT2D eigenvalue weighted by atomic mass is 9.87. The highest BCUT2D eigenvalue weighted by molar-refractivity contribution is 6.18. The number of rotatable bonds is 7. The van der Waals surface area contributed by atoms with Gasteiger partial charge >= 0.3 is 0 Å². The summed E-state index contributed by atoms with van der Waals surface area (Å²) in [6, 6.07) is 24.1. The Balaban J connectivity index is 1.86. The number of allylic oxidation sites excluding steroid dienone is 5. The summed E-state index contributed by atoms with van der Waals surface area (Å²) >= 11 is 6.26. The molecule has 1 N–H and O–H groups in total. The SMILES string of the molecule is COc1ccc(/C(=C(/CCCl)c2ccc(C3=CCC=C3)cc2)c2ccc(O)cc2)cc1. The zero-order valence-electron chi connectivity index (χ0n) is 17.5. The number of phenols is 1. The lowest BCUT2D eigenvalue weighted by Gasteiger charge is -2.18. The van der Waals surface area contributed by atoms with Crippen molar-refractivity contribution in [1.82, 2.24) is 0 Å². The van der Waals surface area contributed by atoms with Gasteiger partial charge in [-0.25, -0.2) is 0 Å². The van der Waals surface area contributed by atoms with Crippen molar-refractivity contribution in [3.05, 3.63) is 113 Å². The first-order chi connectivity index (χ1) is 15.2. The molecule has 4 rings (SSSR count). The zero-order valence-corrected chi connectivity index (χ0v) is 18.3. The van der Waals surface area contributed by atoms with Gasteiger partial charge in [0.05, 0.1) is 7.11 Å². The third-order valence-corrected chi connectivity index (χ3v) is 5.71. The number of hydrogen-bond donors (Lipinski definition) is 1. The fraction of sp³-hybridized carbons (Fsp3) is 0.143. The van der Waals surface area contributed by atoms with E-state index in [9.17, 15) is 5.11 Å². The first-order valence-corrected chi connectivity index (χ1v) is 10.9. The Kier molecular flexibility index (Phi) is 6.59. The van der Waals surface area contributed by atoms with Crippen LogP contribution in [0.5, 0.6) is 11.5 Å². The number of methoxy groups -OCH3 is 1.